The van der Waals surface area contributed by atoms with E-state index in [2.05, 4.69) is 18.5 Å². The molecule has 1 aromatic carbocycles. The summed E-state index contributed by atoms with van der Waals surface area (Å²) in [5.41, 5.74) is 0.176. The van der Waals surface area contributed by atoms with E-state index >= 15 is 0 Å². The monoisotopic (exact) mass is 230 g/mol. The van der Waals surface area contributed by atoms with Crippen LogP contribution in [0.25, 0.3) is 0 Å². The van der Waals surface area contributed by atoms with E-state index in [-0.39, 0.29) is 11.1 Å². The highest BCUT2D eigenvalue weighted by molar-refractivity contribution is 7.36. The van der Waals surface area contributed by atoms with Crippen LogP contribution >= 0.6 is 18.5 Å². The maximum absolute atomic E-state index is 10.7. The zero-order chi connectivity index (χ0) is 10.9. The van der Waals surface area contributed by atoms with Gasteiger partial charge >= 0.3 is 11.9 Å². The first-order valence-corrected chi connectivity index (χ1v) is 4.75. The molecule has 14 heavy (non-hydrogen) atoms. The molecule has 6 heteroatoms. The summed E-state index contributed by atoms with van der Waals surface area (Å²) in [6, 6.07) is 2.56. The fourth-order valence-electron chi connectivity index (χ4n) is 1.01. The van der Waals surface area contributed by atoms with Crippen LogP contribution in [0.2, 0.25) is 0 Å². The van der Waals surface area contributed by atoms with Gasteiger partial charge in [-0.15, -0.1) is 18.5 Å². The van der Waals surface area contributed by atoms with Crippen molar-refractivity contribution in [3.8, 4) is 0 Å². The molecule has 1 rings (SSSR count). The highest BCUT2D eigenvalue weighted by Crippen LogP contribution is 2.07. The third kappa shape index (κ3) is 1.92. The van der Waals surface area contributed by atoms with Gasteiger partial charge in [0.15, 0.2) is 0 Å². The van der Waals surface area contributed by atoms with E-state index in [1.165, 1.54) is 12.1 Å². The quantitative estimate of drug-likeness (QED) is 0.706. The number of carbonyl (C=O) groups is 2. The van der Waals surface area contributed by atoms with Crippen LogP contribution in [0.3, 0.4) is 0 Å². The molecule has 0 fully saturated rings. The van der Waals surface area contributed by atoms with Crippen LogP contribution in [0.4, 0.5) is 0 Å². The first kappa shape index (κ1) is 11.1. The molecule has 2 N–H and O–H groups in total. The molecular formula is C8H8O4P2. The van der Waals surface area contributed by atoms with Crippen LogP contribution in [0.15, 0.2) is 12.1 Å². The molecule has 0 bridgehead atoms. The second-order valence-electron chi connectivity index (χ2n) is 2.60. The Labute approximate surface area is 84.7 Å². The van der Waals surface area contributed by atoms with Gasteiger partial charge in [0, 0.05) is 0 Å². The van der Waals surface area contributed by atoms with Gasteiger partial charge in [-0.2, -0.15) is 0 Å². The minimum absolute atomic E-state index is 0.0880. The van der Waals surface area contributed by atoms with Crippen LogP contribution in [-0.2, 0) is 0 Å². The minimum Gasteiger partial charge on any atom is -0.478 e. The van der Waals surface area contributed by atoms with Crippen LogP contribution in [0, 0.1) is 0 Å². The molecular weight excluding hydrogens is 222 g/mol. The molecule has 0 radical (unpaired) electrons. The predicted octanol–water partition coefficient (Wildman–Crippen LogP) is 0.0838. The van der Waals surface area contributed by atoms with Crippen molar-refractivity contribution in [1.29, 1.82) is 0 Å². The Morgan fingerprint density at radius 1 is 0.929 bits per heavy atom. The summed E-state index contributed by atoms with van der Waals surface area (Å²) in [5, 5.41) is 18.3. The van der Waals surface area contributed by atoms with E-state index in [1.54, 1.807) is 0 Å². The van der Waals surface area contributed by atoms with E-state index < -0.39 is 11.9 Å². The van der Waals surface area contributed by atoms with Gasteiger partial charge < -0.3 is 10.2 Å². The molecule has 0 aromatic heterocycles. The largest absolute Gasteiger partial charge is 0.478 e. The lowest BCUT2D eigenvalue weighted by molar-refractivity contribution is 0.0683. The molecule has 0 amide bonds. The molecule has 0 saturated heterocycles. The van der Waals surface area contributed by atoms with Crippen molar-refractivity contribution in [1.82, 2.24) is 0 Å². The van der Waals surface area contributed by atoms with Gasteiger partial charge in [0.2, 0.25) is 0 Å². The van der Waals surface area contributed by atoms with Gasteiger partial charge in [-0.1, -0.05) is 0 Å². The maximum atomic E-state index is 10.7. The van der Waals surface area contributed by atoms with Crippen molar-refractivity contribution in [3.05, 3.63) is 23.3 Å². The number of hydrogen-bond donors (Lipinski definition) is 2. The fourth-order valence-corrected chi connectivity index (χ4v) is 1.76. The fraction of sp³-hybridized carbons (Fsp3) is 0. The lowest BCUT2D eigenvalue weighted by Gasteiger charge is -2.06. The van der Waals surface area contributed by atoms with Gasteiger partial charge in [-0.05, 0) is 22.7 Å². The summed E-state index contributed by atoms with van der Waals surface area (Å²) in [5.74, 6) is -2.15. The lowest BCUT2D eigenvalue weighted by Crippen LogP contribution is -2.25. The minimum atomic E-state index is -1.07. The van der Waals surface area contributed by atoms with E-state index in [9.17, 15) is 9.59 Å². The SMILES string of the molecule is O=C(O)c1ccc(C(=O)O)c(P)c1P. The molecule has 1 aromatic rings. The predicted molar refractivity (Wildman–Crippen MR) is 59.0 cm³/mol. The van der Waals surface area contributed by atoms with Crippen LogP contribution in [0.1, 0.15) is 20.7 Å². The summed E-state index contributed by atoms with van der Waals surface area (Å²) < 4.78 is 0. The average Bonchev–Trinajstić information content (AvgIpc) is 2.08. The molecule has 4 nitrogen and oxygen atoms in total. The molecule has 0 aliphatic rings. The highest BCUT2D eigenvalue weighted by atomic mass is 31.0. The van der Waals surface area contributed by atoms with Crippen molar-refractivity contribution in [2.24, 2.45) is 0 Å². The molecule has 0 spiro atoms. The molecule has 2 atom stereocenters. The van der Waals surface area contributed by atoms with Crippen molar-refractivity contribution in [2.45, 2.75) is 0 Å². The summed E-state index contributed by atoms with van der Waals surface area (Å²) in [6.45, 7) is 0. The molecule has 0 aliphatic heterocycles. The number of carboxylic acids is 2. The van der Waals surface area contributed by atoms with Crippen molar-refractivity contribution < 1.29 is 19.8 Å². The zero-order valence-electron chi connectivity index (χ0n) is 7.02. The van der Waals surface area contributed by atoms with Crippen LogP contribution in [0.5, 0.6) is 0 Å². The van der Waals surface area contributed by atoms with Crippen LogP contribution < -0.4 is 10.6 Å². The smallest absolute Gasteiger partial charge is 0.336 e. The van der Waals surface area contributed by atoms with Crippen LogP contribution in [-0.4, -0.2) is 22.2 Å². The van der Waals surface area contributed by atoms with Crippen molar-refractivity contribution in [3.63, 3.8) is 0 Å². The number of benzene rings is 1. The number of aromatic carboxylic acids is 2. The average molecular weight is 230 g/mol. The Morgan fingerprint density at radius 2 is 1.21 bits per heavy atom. The molecule has 0 saturated carbocycles. The summed E-state index contributed by atoms with van der Waals surface area (Å²) in [7, 11) is 4.45. The Kier molecular flexibility index (Phi) is 3.20. The molecule has 0 heterocycles. The zero-order valence-corrected chi connectivity index (χ0v) is 9.33. The van der Waals surface area contributed by atoms with E-state index in [4.69, 9.17) is 10.2 Å². The van der Waals surface area contributed by atoms with E-state index in [0.717, 1.165) is 0 Å². The van der Waals surface area contributed by atoms with E-state index in [0.29, 0.717) is 10.6 Å². The Balaban J connectivity index is 3.41. The van der Waals surface area contributed by atoms with Gasteiger partial charge in [0.1, 0.15) is 0 Å². The van der Waals surface area contributed by atoms with Gasteiger partial charge in [0.05, 0.1) is 11.1 Å². The number of rotatable bonds is 2. The summed E-state index contributed by atoms with van der Waals surface area (Å²) in [6.07, 6.45) is 0. The van der Waals surface area contributed by atoms with Crippen molar-refractivity contribution >= 4 is 41.0 Å². The number of carboxylic acid groups (broad SMARTS) is 2. The standard InChI is InChI=1S/C8H8O4P2/c9-7(10)3-1-2-4(8(11)12)6(14)5(3)13/h1-2H,13-14H2,(H,9,10)(H,11,12). The third-order valence-electron chi connectivity index (χ3n) is 1.75. The normalized spacial score (nSPS) is 9.86. The topological polar surface area (TPSA) is 74.6 Å². The molecule has 2 unspecified atom stereocenters. The molecule has 74 valence electrons. The second kappa shape index (κ2) is 4.04. The Morgan fingerprint density at radius 3 is 1.43 bits per heavy atom. The Bertz CT molecular complexity index is 375. The highest BCUT2D eigenvalue weighted by Gasteiger charge is 2.15. The first-order valence-electron chi connectivity index (χ1n) is 3.59. The summed E-state index contributed by atoms with van der Waals surface area (Å²) in [4.78, 5) is 21.4. The Hall–Kier alpha value is -0.980. The lowest BCUT2D eigenvalue weighted by atomic mass is 10.1. The second-order valence-corrected chi connectivity index (χ2v) is 3.75. The number of hydrogen-bond acceptors (Lipinski definition) is 2. The third-order valence-corrected chi connectivity index (χ3v) is 3.33. The van der Waals surface area contributed by atoms with Gasteiger partial charge in [-0.3, -0.25) is 0 Å². The first-order chi connectivity index (χ1) is 6.45. The molecule has 0 aliphatic carbocycles. The van der Waals surface area contributed by atoms with Gasteiger partial charge in [-0.25, -0.2) is 9.59 Å². The van der Waals surface area contributed by atoms with Crippen molar-refractivity contribution in [2.75, 3.05) is 0 Å². The maximum Gasteiger partial charge on any atom is 0.336 e. The van der Waals surface area contributed by atoms with E-state index in [1.807, 2.05) is 0 Å². The summed E-state index contributed by atoms with van der Waals surface area (Å²) >= 11 is 0. The van der Waals surface area contributed by atoms with Gasteiger partial charge in [0.25, 0.3) is 0 Å².